The van der Waals surface area contributed by atoms with E-state index in [9.17, 15) is 4.79 Å². The minimum absolute atomic E-state index is 0.161. The number of alkyl halides is 1. The van der Waals surface area contributed by atoms with Crippen molar-refractivity contribution in [2.45, 2.75) is 0 Å². The zero-order valence-corrected chi connectivity index (χ0v) is 11.2. The van der Waals surface area contributed by atoms with E-state index in [4.69, 9.17) is 25.8 Å². The summed E-state index contributed by atoms with van der Waals surface area (Å²) in [7, 11) is 0. The highest BCUT2D eigenvalue weighted by Crippen LogP contribution is 2.30. The van der Waals surface area contributed by atoms with Crippen molar-refractivity contribution in [2.75, 3.05) is 38.9 Å². The normalized spacial score (nSPS) is 13.1. The number of carbonyl (C=O) groups excluding carboxylic acids is 1. The molecule has 0 atom stereocenters. The third-order valence-electron chi connectivity index (χ3n) is 2.56. The van der Waals surface area contributed by atoms with Gasteiger partial charge in [-0.2, -0.15) is 0 Å². The second kappa shape index (κ2) is 7.21. The molecule has 5 nitrogen and oxygen atoms in total. The van der Waals surface area contributed by atoms with Gasteiger partial charge in [0.15, 0.2) is 11.5 Å². The number of benzene rings is 1. The summed E-state index contributed by atoms with van der Waals surface area (Å²) in [5.74, 6) is 1.58. The summed E-state index contributed by atoms with van der Waals surface area (Å²) in [5.41, 5.74) is 0.543. The fourth-order valence-corrected chi connectivity index (χ4v) is 1.79. The predicted octanol–water partition coefficient (Wildman–Crippen LogP) is 1.44. The highest BCUT2D eigenvalue weighted by molar-refractivity contribution is 6.17. The number of halogens is 1. The van der Waals surface area contributed by atoms with Crippen molar-refractivity contribution >= 4 is 17.5 Å². The van der Waals surface area contributed by atoms with Gasteiger partial charge in [0.25, 0.3) is 5.91 Å². The van der Waals surface area contributed by atoms with Gasteiger partial charge >= 0.3 is 0 Å². The molecule has 1 aromatic carbocycles. The maximum absolute atomic E-state index is 11.9. The van der Waals surface area contributed by atoms with Crippen LogP contribution in [0, 0.1) is 0 Å². The molecule has 0 aliphatic carbocycles. The number of amides is 1. The topological polar surface area (TPSA) is 56.8 Å². The summed E-state index contributed by atoms with van der Waals surface area (Å²) in [4.78, 5) is 11.9. The second-order valence-corrected chi connectivity index (χ2v) is 4.29. The Morgan fingerprint density at radius 2 is 2.05 bits per heavy atom. The van der Waals surface area contributed by atoms with Crippen LogP contribution in [0.4, 0.5) is 0 Å². The summed E-state index contributed by atoms with van der Waals surface area (Å²) in [6, 6.07) is 5.14. The molecule has 0 bridgehead atoms. The molecular weight excluding hydrogens is 270 g/mol. The molecule has 104 valence electrons. The molecule has 1 aromatic rings. The molecule has 1 N–H and O–H groups in total. The van der Waals surface area contributed by atoms with Gasteiger partial charge in [-0.15, -0.1) is 11.6 Å². The number of carbonyl (C=O) groups is 1. The number of rotatable bonds is 6. The SMILES string of the molecule is O=C(NCCOCCCl)c1ccc2c(c1)OCCO2. The van der Waals surface area contributed by atoms with Gasteiger partial charge in [-0.05, 0) is 18.2 Å². The van der Waals surface area contributed by atoms with E-state index < -0.39 is 0 Å². The summed E-state index contributed by atoms with van der Waals surface area (Å²) in [6.45, 7) is 2.43. The maximum atomic E-state index is 11.9. The number of ether oxygens (including phenoxy) is 3. The molecule has 6 heteroatoms. The molecule has 0 saturated heterocycles. The molecule has 2 rings (SSSR count). The molecular formula is C13H16ClNO4. The smallest absolute Gasteiger partial charge is 0.251 e. The molecule has 1 aliphatic rings. The lowest BCUT2D eigenvalue weighted by Crippen LogP contribution is -2.27. The highest BCUT2D eigenvalue weighted by Gasteiger charge is 2.14. The number of hydrogen-bond donors (Lipinski definition) is 1. The first-order valence-corrected chi connectivity index (χ1v) is 6.66. The molecule has 0 unspecified atom stereocenters. The monoisotopic (exact) mass is 285 g/mol. The van der Waals surface area contributed by atoms with E-state index >= 15 is 0 Å². The van der Waals surface area contributed by atoms with Gasteiger partial charge in [0.05, 0.1) is 13.2 Å². The summed E-state index contributed by atoms with van der Waals surface area (Å²) in [6.07, 6.45) is 0. The average Bonchev–Trinajstić information content (AvgIpc) is 2.46. The minimum Gasteiger partial charge on any atom is -0.486 e. The summed E-state index contributed by atoms with van der Waals surface area (Å²) >= 11 is 5.47. The second-order valence-electron chi connectivity index (χ2n) is 3.92. The Balaban J connectivity index is 1.85. The van der Waals surface area contributed by atoms with E-state index in [1.807, 2.05) is 0 Å². The predicted molar refractivity (Wildman–Crippen MR) is 71.3 cm³/mol. The molecule has 0 aromatic heterocycles. The lowest BCUT2D eigenvalue weighted by molar-refractivity contribution is 0.0922. The maximum Gasteiger partial charge on any atom is 0.251 e. The fourth-order valence-electron chi connectivity index (χ4n) is 1.68. The molecule has 1 heterocycles. The van der Waals surface area contributed by atoms with Crippen LogP contribution in [-0.2, 0) is 4.74 Å². The molecule has 0 saturated carbocycles. The Hall–Kier alpha value is -1.46. The van der Waals surface area contributed by atoms with Crippen LogP contribution < -0.4 is 14.8 Å². The molecule has 1 aliphatic heterocycles. The lowest BCUT2D eigenvalue weighted by Gasteiger charge is -2.18. The molecule has 1 amide bonds. The van der Waals surface area contributed by atoms with Gasteiger partial charge in [0, 0.05) is 18.0 Å². The Bertz CT molecular complexity index is 439. The fraction of sp³-hybridized carbons (Fsp3) is 0.462. The number of fused-ring (bicyclic) bond motifs is 1. The third-order valence-corrected chi connectivity index (χ3v) is 2.71. The Morgan fingerprint density at radius 3 is 2.84 bits per heavy atom. The number of hydrogen-bond acceptors (Lipinski definition) is 4. The van der Waals surface area contributed by atoms with Crippen LogP contribution in [0.2, 0.25) is 0 Å². The first-order chi connectivity index (χ1) is 9.31. The van der Waals surface area contributed by atoms with Crippen LogP contribution in [-0.4, -0.2) is 44.8 Å². The summed E-state index contributed by atoms with van der Waals surface area (Å²) in [5, 5.41) is 2.76. The highest BCUT2D eigenvalue weighted by atomic mass is 35.5. The van der Waals surface area contributed by atoms with E-state index in [2.05, 4.69) is 5.32 Å². The van der Waals surface area contributed by atoms with Gasteiger partial charge in [-0.1, -0.05) is 0 Å². The van der Waals surface area contributed by atoms with E-state index in [1.165, 1.54) is 0 Å². The quantitative estimate of drug-likeness (QED) is 0.635. The van der Waals surface area contributed by atoms with Crippen molar-refractivity contribution in [1.82, 2.24) is 5.32 Å². The minimum atomic E-state index is -0.161. The van der Waals surface area contributed by atoms with Crippen molar-refractivity contribution < 1.29 is 19.0 Å². The Morgan fingerprint density at radius 1 is 1.26 bits per heavy atom. The van der Waals surface area contributed by atoms with Crippen molar-refractivity contribution in [1.29, 1.82) is 0 Å². The van der Waals surface area contributed by atoms with Crippen LogP contribution >= 0.6 is 11.6 Å². The lowest BCUT2D eigenvalue weighted by atomic mass is 10.2. The molecule has 0 radical (unpaired) electrons. The van der Waals surface area contributed by atoms with E-state index in [0.29, 0.717) is 55.9 Å². The Labute approximate surface area is 116 Å². The third kappa shape index (κ3) is 4.01. The van der Waals surface area contributed by atoms with Crippen LogP contribution in [0.3, 0.4) is 0 Å². The number of nitrogens with one attached hydrogen (secondary N) is 1. The van der Waals surface area contributed by atoms with Crippen LogP contribution in [0.5, 0.6) is 11.5 Å². The zero-order chi connectivity index (χ0) is 13.5. The molecule has 0 spiro atoms. The van der Waals surface area contributed by atoms with Crippen LogP contribution in [0.15, 0.2) is 18.2 Å². The van der Waals surface area contributed by atoms with Crippen LogP contribution in [0.25, 0.3) is 0 Å². The largest absolute Gasteiger partial charge is 0.486 e. The van der Waals surface area contributed by atoms with Crippen molar-refractivity contribution in [3.8, 4) is 11.5 Å². The van der Waals surface area contributed by atoms with Crippen LogP contribution in [0.1, 0.15) is 10.4 Å². The molecule has 19 heavy (non-hydrogen) atoms. The Kier molecular flexibility index (Phi) is 5.30. The van der Waals surface area contributed by atoms with Gasteiger partial charge in [-0.3, -0.25) is 4.79 Å². The molecule has 0 fully saturated rings. The van der Waals surface area contributed by atoms with Gasteiger partial charge in [-0.25, -0.2) is 0 Å². The van der Waals surface area contributed by atoms with Crippen molar-refractivity contribution in [3.05, 3.63) is 23.8 Å². The summed E-state index contributed by atoms with van der Waals surface area (Å²) < 4.78 is 16.0. The van der Waals surface area contributed by atoms with Crippen molar-refractivity contribution in [3.63, 3.8) is 0 Å². The van der Waals surface area contributed by atoms with E-state index in [1.54, 1.807) is 18.2 Å². The van der Waals surface area contributed by atoms with Gasteiger partial charge < -0.3 is 19.5 Å². The zero-order valence-electron chi connectivity index (χ0n) is 10.5. The van der Waals surface area contributed by atoms with Gasteiger partial charge in [0.2, 0.25) is 0 Å². The van der Waals surface area contributed by atoms with Crippen molar-refractivity contribution in [2.24, 2.45) is 0 Å². The average molecular weight is 286 g/mol. The van der Waals surface area contributed by atoms with E-state index in [-0.39, 0.29) is 5.91 Å². The van der Waals surface area contributed by atoms with Gasteiger partial charge in [0.1, 0.15) is 13.2 Å². The first kappa shape index (κ1) is 14.0. The standard InChI is InChI=1S/C13H16ClNO4/c14-3-5-17-6-4-15-13(16)10-1-2-11-12(9-10)19-8-7-18-11/h1-2,9H,3-8H2,(H,15,16). The first-order valence-electron chi connectivity index (χ1n) is 6.13. The van der Waals surface area contributed by atoms with E-state index in [0.717, 1.165) is 0 Å².